The minimum atomic E-state index is -5.42. The van der Waals surface area contributed by atoms with Gasteiger partial charge in [0.05, 0.1) is 0 Å². The summed E-state index contributed by atoms with van der Waals surface area (Å²) in [6, 6.07) is 0. The standard InChI is InChI=1S/3C5H2F6O2.Y/c3*6-4(7,8)2(12)1-3(13)5(9,10)11;/h3*1,12H;/b2-1+;2*2-1-;. The van der Waals surface area contributed by atoms with Gasteiger partial charge in [-0.3, -0.25) is 14.4 Å². The molecule has 0 aliphatic carbocycles. The van der Waals surface area contributed by atoms with Crippen molar-refractivity contribution in [2.24, 2.45) is 0 Å². The number of ketones is 3. The molecular formula is C15H6F18O6Y. The van der Waals surface area contributed by atoms with Crippen molar-refractivity contribution in [3.8, 4) is 0 Å². The number of carbonyl (C=O) groups is 3. The number of hydrogen-bond acceptors (Lipinski definition) is 6. The van der Waals surface area contributed by atoms with E-state index in [2.05, 4.69) is 0 Å². The van der Waals surface area contributed by atoms with Gasteiger partial charge in [0.1, 0.15) is 0 Å². The van der Waals surface area contributed by atoms with E-state index >= 15 is 0 Å². The van der Waals surface area contributed by atoms with Gasteiger partial charge < -0.3 is 15.3 Å². The number of rotatable bonds is 3. The Labute approximate surface area is 231 Å². The molecule has 0 spiro atoms. The molecule has 0 unspecified atom stereocenters. The molecule has 0 aliphatic heterocycles. The molecule has 40 heavy (non-hydrogen) atoms. The summed E-state index contributed by atoms with van der Waals surface area (Å²) in [7, 11) is 0. The molecule has 0 saturated heterocycles. The van der Waals surface area contributed by atoms with E-state index in [0.717, 1.165) is 0 Å². The van der Waals surface area contributed by atoms with Crippen LogP contribution in [0.1, 0.15) is 0 Å². The predicted octanol–water partition coefficient (Wildman–Crippen LogP) is 6.36. The Hall–Kier alpha value is -2.53. The molecule has 0 aromatic heterocycles. The largest absolute Gasteiger partial charge is 0.504 e. The molecule has 231 valence electrons. The summed E-state index contributed by atoms with van der Waals surface area (Å²) < 4.78 is 204. The fraction of sp³-hybridized carbons (Fsp3) is 0.400. The van der Waals surface area contributed by atoms with Crippen LogP contribution in [0.3, 0.4) is 0 Å². The molecule has 25 heteroatoms. The maximum atomic E-state index is 11.4. The number of hydrogen-bond donors (Lipinski definition) is 3. The second-order valence-corrected chi connectivity index (χ2v) is 5.67. The van der Waals surface area contributed by atoms with Crippen molar-refractivity contribution in [2.75, 3.05) is 0 Å². The molecule has 0 heterocycles. The van der Waals surface area contributed by atoms with Crippen molar-refractivity contribution in [3.05, 3.63) is 35.5 Å². The average Bonchev–Trinajstić information content (AvgIpc) is 2.64. The third-order valence-corrected chi connectivity index (χ3v) is 2.51. The number of aliphatic hydroxyl groups is 3. The van der Waals surface area contributed by atoms with Gasteiger partial charge in [0.2, 0.25) is 17.3 Å². The molecule has 0 aromatic rings. The van der Waals surface area contributed by atoms with Crippen LogP contribution in [-0.2, 0) is 47.1 Å². The van der Waals surface area contributed by atoms with E-state index in [-0.39, 0.29) is 32.7 Å². The number of allylic oxidation sites excluding steroid dienone is 6. The van der Waals surface area contributed by atoms with Gasteiger partial charge in [-0.1, -0.05) is 0 Å². The van der Waals surface area contributed by atoms with Crippen molar-refractivity contribution in [1.29, 1.82) is 0 Å². The summed E-state index contributed by atoms with van der Waals surface area (Å²) in [5, 5.41) is 23.8. The Balaban J connectivity index is -0.000000240. The second-order valence-electron chi connectivity index (χ2n) is 5.67. The Kier molecular flexibility index (Phi) is 17.2. The second kappa shape index (κ2) is 15.5. The van der Waals surface area contributed by atoms with Crippen molar-refractivity contribution in [1.82, 2.24) is 0 Å². The molecule has 0 fully saturated rings. The van der Waals surface area contributed by atoms with Gasteiger partial charge in [0.25, 0.3) is 17.3 Å². The first-order valence-electron chi connectivity index (χ1n) is 7.92. The topological polar surface area (TPSA) is 112 Å². The summed E-state index contributed by atoms with van der Waals surface area (Å²) in [5.41, 5.74) is 0. The monoisotopic (exact) mass is 713 g/mol. The molecule has 3 N–H and O–H groups in total. The first-order chi connectivity index (χ1) is 16.6. The predicted molar refractivity (Wildman–Crippen MR) is 83.5 cm³/mol. The average molecular weight is 713 g/mol. The molecule has 0 saturated carbocycles. The van der Waals surface area contributed by atoms with Crippen LogP contribution in [0.4, 0.5) is 79.0 Å². The van der Waals surface area contributed by atoms with Gasteiger partial charge in [-0.05, 0) is 0 Å². The maximum Gasteiger partial charge on any atom is 0.454 e. The first-order valence-corrected chi connectivity index (χ1v) is 7.92. The molecule has 0 bridgehead atoms. The Morgan fingerprint density at radius 2 is 0.475 bits per heavy atom. The third kappa shape index (κ3) is 20.4. The fourth-order valence-electron chi connectivity index (χ4n) is 0.864. The van der Waals surface area contributed by atoms with Crippen molar-refractivity contribution >= 4 is 17.3 Å². The Morgan fingerprint density at radius 3 is 0.550 bits per heavy atom. The van der Waals surface area contributed by atoms with Gasteiger partial charge >= 0.3 is 37.1 Å². The minimum absolute atomic E-state index is 0. The van der Waals surface area contributed by atoms with Crippen molar-refractivity contribution in [2.45, 2.75) is 37.1 Å². The molecule has 0 aromatic carbocycles. The molecule has 1 radical (unpaired) electrons. The summed E-state index contributed by atoms with van der Waals surface area (Å²) in [6.45, 7) is 0. The zero-order valence-electron chi connectivity index (χ0n) is 17.7. The molecule has 0 rings (SSSR count). The fourth-order valence-corrected chi connectivity index (χ4v) is 0.864. The first kappa shape index (κ1) is 44.5. The summed E-state index contributed by atoms with van der Waals surface area (Å²) in [4.78, 5) is 29.6. The van der Waals surface area contributed by atoms with Crippen LogP contribution in [0.5, 0.6) is 0 Å². The van der Waals surface area contributed by atoms with Crippen LogP contribution in [0.25, 0.3) is 0 Å². The Morgan fingerprint density at radius 1 is 0.350 bits per heavy atom. The van der Waals surface area contributed by atoms with E-state index in [1.54, 1.807) is 0 Å². The number of halogens is 18. The van der Waals surface area contributed by atoms with E-state index in [4.69, 9.17) is 15.3 Å². The van der Waals surface area contributed by atoms with Crippen LogP contribution >= 0.6 is 0 Å². The van der Waals surface area contributed by atoms with Crippen molar-refractivity contribution < 1.29 is 141 Å². The SMILES string of the molecule is O=C(/C=C(/O)C(F)(F)F)C(F)(F)F.O=C(/C=C(\O)C(F)(F)F)C(F)(F)F.O=C(/C=C(\O)C(F)(F)F)C(F)(F)F.[Y]. The van der Waals surface area contributed by atoms with Crippen molar-refractivity contribution in [3.63, 3.8) is 0 Å². The van der Waals surface area contributed by atoms with Crippen LogP contribution in [0.2, 0.25) is 0 Å². The molecule has 0 aliphatic rings. The normalized spacial score (nSPS) is 14.1. The molecule has 0 amide bonds. The van der Waals surface area contributed by atoms with Crippen LogP contribution in [0, 0.1) is 0 Å². The third-order valence-electron chi connectivity index (χ3n) is 2.51. The van der Waals surface area contributed by atoms with Gasteiger partial charge in [-0.25, -0.2) is 0 Å². The zero-order chi connectivity index (χ0) is 32.6. The van der Waals surface area contributed by atoms with Crippen LogP contribution in [0.15, 0.2) is 35.5 Å². The van der Waals surface area contributed by atoms with Gasteiger partial charge in [-0.2, -0.15) is 79.0 Å². The Bertz CT molecular complexity index is 834. The smallest absolute Gasteiger partial charge is 0.454 e. The van der Waals surface area contributed by atoms with E-state index in [9.17, 15) is 93.4 Å². The molecule has 6 nitrogen and oxygen atoms in total. The van der Waals surface area contributed by atoms with Gasteiger partial charge in [0, 0.05) is 50.9 Å². The quantitative estimate of drug-likeness (QED) is 0.178. The van der Waals surface area contributed by atoms with Gasteiger partial charge in [-0.15, -0.1) is 0 Å². The summed E-state index contributed by atoms with van der Waals surface area (Å²) in [5.74, 6) is -16.0. The van der Waals surface area contributed by atoms with E-state index in [0.29, 0.717) is 0 Å². The molecular weight excluding hydrogens is 707 g/mol. The van der Waals surface area contributed by atoms with Crippen LogP contribution in [-0.4, -0.2) is 69.7 Å². The number of alkyl halides is 18. The van der Waals surface area contributed by atoms with E-state index in [1.807, 2.05) is 0 Å². The van der Waals surface area contributed by atoms with Gasteiger partial charge in [0.15, 0.2) is 0 Å². The zero-order valence-corrected chi connectivity index (χ0v) is 20.5. The molecule has 0 atom stereocenters. The number of carbonyl (C=O) groups excluding carboxylic acids is 3. The summed E-state index contributed by atoms with van der Waals surface area (Å²) >= 11 is 0. The van der Waals surface area contributed by atoms with Crippen LogP contribution < -0.4 is 0 Å². The number of aliphatic hydroxyl groups excluding tert-OH is 3. The maximum absolute atomic E-state index is 11.4. The van der Waals surface area contributed by atoms with E-state index < -0.39 is 89.9 Å². The summed E-state index contributed by atoms with van der Waals surface area (Å²) in [6.07, 6.45) is -35.0. The van der Waals surface area contributed by atoms with E-state index in [1.165, 1.54) is 0 Å². The minimum Gasteiger partial charge on any atom is -0.504 e.